The van der Waals surface area contributed by atoms with Gasteiger partial charge in [0.05, 0.1) is 6.61 Å². The number of piperazine rings is 1. The summed E-state index contributed by atoms with van der Waals surface area (Å²) in [5.41, 5.74) is 1.60. The van der Waals surface area contributed by atoms with Gasteiger partial charge in [-0.05, 0) is 26.3 Å². The summed E-state index contributed by atoms with van der Waals surface area (Å²) in [6.45, 7) is 11.0. The van der Waals surface area contributed by atoms with Crippen molar-refractivity contribution >= 4 is 0 Å². The monoisotopic (exact) mass is 274 g/mol. The predicted octanol–water partition coefficient (Wildman–Crippen LogP) is 2.63. The van der Waals surface area contributed by atoms with Gasteiger partial charge in [-0.1, -0.05) is 25.1 Å². The Morgan fingerprint density at radius 1 is 1.35 bits per heavy atom. The predicted molar refractivity (Wildman–Crippen MR) is 82.4 cm³/mol. The molecule has 2 aliphatic rings. The molecule has 2 atom stereocenters. The Labute approximate surface area is 122 Å². The summed E-state index contributed by atoms with van der Waals surface area (Å²) in [6, 6.07) is 9.15. The average molecular weight is 274 g/mol. The van der Waals surface area contributed by atoms with Crippen molar-refractivity contribution in [3.63, 3.8) is 0 Å². The Bertz CT molecular complexity index is 472. The van der Waals surface area contributed by atoms with E-state index in [4.69, 9.17) is 4.74 Å². The van der Waals surface area contributed by atoms with Crippen molar-refractivity contribution in [3.05, 3.63) is 29.8 Å². The van der Waals surface area contributed by atoms with E-state index in [1.54, 1.807) is 0 Å². The van der Waals surface area contributed by atoms with Gasteiger partial charge in [0.2, 0.25) is 0 Å². The van der Waals surface area contributed by atoms with Crippen molar-refractivity contribution in [2.45, 2.75) is 44.7 Å². The first-order valence-corrected chi connectivity index (χ1v) is 7.80. The van der Waals surface area contributed by atoms with Crippen molar-refractivity contribution < 1.29 is 4.74 Å². The molecule has 0 bridgehead atoms. The van der Waals surface area contributed by atoms with Crippen LogP contribution in [0.3, 0.4) is 0 Å². The van der Waals surface area contributed by atoms with E-state index >= 15 is 0 Å². The maximum Gasteiger partial charge on any atom is 0.122 e. The molecule has 2 aliphatic heterocycles. The second-order valence-electron chi connectivity index (χ2n) is 6.80. The number of hydrogen-bond donors (Lipinski definition) is 1. The zero-order valence-corrected chi connectivity index (χ0v) is 12.9. The van der Waals surface area contributed by atoms with Crippen molar-refractivity contribution in [1.29, 1.82) is 0 Å². The molecule has 1 aromatic carbocycles. The van der Waals surface area contributed by atoms with Gasteiger partial charge in [0.25, 0.3) is 0 Å². The Kier molecular flexibility index (Phi) is 3.74. The Hall–Kier alpha value is -1.06. The van der Waals surface area contributed by atoms with Crippen molar-refractivity contribution in [2.24, 2.45) is 0 Å². The number of nitrogens with zero attached hydrogens (tertiary/aromatic N) is 1. The number of nitrogens with one attached hydrogen (secondary N) is 1. The Balaban J connectivity index is 1.73. The van der Waals surface area contributed by atoms with E-state index < -0.39 is 0 Å². The SMILES string of the molecule is CCC1CNC(C)(C)CN1CC1COc2ccccc21. The van der Waals surface area contributed by atoms with Gasteiger partial charge in [0, 0.05) is 42.7 Å². The van der Waals surface area contributed by atoms with Gasteiger partial charge in [0.1, 0.15) is 5.75 Å². The van der Waals surface area contributed by atoms with Crippen molar-refractivity contribution in [2.75, 3.05) is 26.2 Å². The lowest BCUT2D eigenvalue weighted by molar-refractivity contribution is 0.0835. The third kappa shape index (κ3) is 2.70. The molecule has 0 saturated carbocycles. The number of fused-ring (bicyclic) bond motifs is 1. The van der Waals surface area contributed by atoms with Crippen LogP contribution in [0.4, 0.5) is 0 Å². The summed E-state index contributed by atoms with van der Waals surface area (Å²) < 4.78 is 5.83. The van der Waals surface area contributed by atoms with E-state index in [2.05, 4.69) is 55.3 Å². The minimum atomic E-state index is 0.213. The molecule has 2 unspecified atom stereocenters. The molecule has 3 nitrogen and oxygen atoms in total. The molecule has 0 amide bonds. The topological polar surface area (TPSA) is 24.5 Å². The summed E-state index contributed by atoms with van der Waals surface area (Å²) in [4.78, 5) is 2.66. The summed E-state index contributed by atoms with van der Waals surface area (Å²) in [7, 11) is 0. The third-order valence-corrected chi connectivity index (χ3v) is 4.66. The third-order valence-electron chi connectivity index (χ3n) is 4.66. The summed E-state index contributed by atoms with van der Waals surface area (Å²) in [6.07, 6.45) is 1.21. The first-order chi connectivity index (χ1) is 9.59. The molecular formula is C17H26N2O. The quantitative estimate of drug-likeness (QED) is 0.917. The maximum atomic E-state index is 5.83. The second-order valence-corrected chi connectivity index (χ2v) is 6.80. The van der Waals surface area contributed by atoms with Crippen LogP contribution in [0.15, 0.2) is 24.3 Å². The van der Waals surface area contributed by atoms with Crippen LogP contribution in [-0.4, -0.2) is 42.7 Å². The molecule has 1 N–H and O–H groups in total. The number of hydrogen-bond acceptors (Lipinski definition) is 3. The maximum absolute atomic E-state index is 5.83. The molecule has 20 heavy (non-hydrogen) atoms. The lowest BCUT2D eigenvalue weighted by Gasteiger charge is -2.45. The van der Waals surface area contributed by atoms with Gasteiger partial charge in [-0.3, -0.25) is 4.90 Å². The summed E-state index contributed by atoms with van der Waals surface area (Å²) in [5.74, 6) is 1.61. The highest BCUT2D eigenvalue weighted by molar-refractivity contribution is 5.39. The molecule has 110 valence electrons. The normalized spacial score (nSPS) is 28.9. The second kappa shape index (κ2) is 5.38. The van der Waals surface area contributed by atoms with Crippen molar-refractivity contribution in [3.8, 4) is 5.75 Å². The van der Waals surface area contributed by atoms with Crippen LogP contribution >= 0.6 is 0 Å². The highest BCUT2D eigenvalue weighted by atomic mass is 16.5. The first-order valence-electron chi connectivity index (χ1n) is 7.80. The Morgan fingerprint density at radius 3 is 2.95 bits per heavy atom. The van der Waals surface area contributed by atoms with E-state index in [-0.39, 0.29) is 5.54 Å². The number of ether oxygens (including phenoxy) is 1. The van der Waals surface area contributed by atoms with Gasteiger partial charge < -0.3 is 10.1 Å². The van der Waals surface area contributed by atoms with Crippen LogP contribution in [0.5, 0.6) is 5.75 Å². The number of para-hydroxylation sites is 1. The zero-order chi connectivity index (χ0) is 14.2. The molecule has 3 heteroatoms. The molecule has 0 spiro atoms. The van der Waals surface area contributed by atoms with Gasteiger partial charge in [-0.25, -0.2) is 0 Å². The van der Waals surface area contributed by atoms with Gasteiger partial charge in [-0.15, -0.1) is 0 Å². The molecule has 1 saturated heterocycles. The van der Waals surface area contributed by atoms with Crippen LogP contribution in [0.1, 0.15) is 38.7 Å². The zero-order valence-electron chi connectivity index (χ0n) is 12.9. The minimum Gasteiger partial charge on any atom is -0.493 e. The Morgan fingerprint density at radius 2 is 2.15 bits per heavy atom. The van der Waals surface area contributed by atoms with E-state index in [1.807, 2.05) is 0 Å². The molecule has 0 aliphatic carbocycles. The van der Waals surface area contributed by atoms with E-state index in [9.17, 15) is 0 Å². The molecular weight excluding hydrogens is 248 g/mol. The molecule has 1 aromatic rings. The molecule has 1 fully saturated rings. The fourth-order valence-corrected chi connectivity index (χ4v) is 3.50. The fourth-order valence-electron chi connectivity index (χ4n) is 3.50. The lowest BCUT2D eigenvalue weighted by atomic mass is 9.94. The average Bonchev–Trinajstić information content (AvgIpc) is 2.82. The van der Waals surface area contributed by atoms with E-state index in [0.29, 0.717) is 12.0 Å². The fraction of sp³-hybridized carbons (Fsp3) is 0.647. The number of rotatable bonds is 3. The summed E-state index contributed by atoms with van der Waals surface area (Å²) >= 11 is 0. The first kappa shape index (κ1) is 13.9. The summed E-state index contributed by atoms with van der Waals surface area (Å²) in [5, 5.41) is 3.66. The minimum absolute atomic E-state index is 0.213. The van der Waals surface area contributed by atoms with Crippen LogP contribution in [0.2, 0.25) is 0 Å². The standard InChI is InChI=1S/C17H26N2O/c1-4-14-9-18-17(2,3)12-19(14)10-13-11-20-16-8-6-5-7-15(13)16/h5-8,13-14,18H,4,9-12H2,1-3H3. The smallest absolute Gasteiger partial charge is 0.122 e. The van der Waals surface area contributed by atoms with Gasteiger partial charge in [-0.2, -0.15) is 0 Å². The largest absolute Gasteiger partial charge is 0.493 e. The van der Waals surface area contributed by atoms with E-state index in [0.717, 1.165) is 32.0 Å². The lowest BCUT2D eigenvalue weighted by Crippen LogP contribution is -2.61. The van der Waals surface area contributed by atoms with Crippen LogP contribution < -0.4 is 10.1 Å². The van der Waals surface area contributed by atoms with Crippen molar-refractivity contribution in [1.82, 2.24) is 10.2 Å². The highest BCUT2D eigenvalue weighted by Gasteiger charge is 2.34. The van der Waals surface area contributed by atoms with Crippen LogP contribution in [0, 0.1) is 0 Å². The van der Waals surface area contributed by atoms with Gasteiger partial charge >= 0.3 is 0 Å². The molecule has 0 radical (unpaired) electrons. The van der Waals surface area contributed by atoms with Crippen LogP contribution in [0.25, 0.3) is 0 Å². The highest BCUT2D eigenvalue weighted by Crippen LogP contribution is 2.34. The number of benzene rings is 1. The molecule has 0 aromatic heterocycles. The van der Waals surface area contributed by atoms with E-state index in [1.165, 1.54) is 12.0 Å². The van der Waals surface area contributed by atoms with Crippen LogP contribution in [-0.2, 0) is 0 Å². The molecule has 3 rings (SSSR count). The van der Waals surface area contributed by atoms with Gasteiger partial charge in [0.15, 0.2) is 0 Å². The molecule has 2 heterocycles.